The molecule has 1 aromatic carbocycles. The molecule has 0 aromatic heterocycles. The molecule has 9 nitrogen and oxygen atoms in total. The molecule has 202 valence electrons. The molecule has 4 fully saturated rings. The summed E-state index contributed by atoms with van der Waals surface area (Å²) in [6.07, 6.45) is 3.66. The summed E-state index contributed by atoms with van der Waals surface area (Å²) in [4.78, 5) is 51.4. The first-order valence-electron chi connectivity index (χ1n) is 13.1. The molecule has 0 spiro atoms. The van der Waals surface area contributed by atoms with Crippen molar-refractivity contribution in [2.45, 2.75) is 83.4 Å². The number of carbonyl (C=O) groups is 4. The first-order chi connectivity index (χ1) is 17.3. The third-order valence-corrected chi connectivity index (χ3v) is 8.30. The van der Waals surface area contributed by atoms with Gasteiger partial charge in [-0.2, -0.15) is 0 Å². The van der Waals surface area contributed by atoms with E-state index in [1.807, 2.05) is 37.3 Å². The van der Waals surface area contributed by atoms with Gasteiger partial charge in [-0.3, -0.25) is 9.59 Å². The monoisotopic (exact) mass is 513 g/mol. The molecule has 0 radical (unpaired) electrons. The summed E-state index contributed by atoms with van der Waals surface area (Å²) in [5, 5.41) is 5.00. The van der Waals surface area contributed by atoms with E-state index < -0.39 is 46.5 Å². The molecule has 0 heterocycles. The maximum absolute atomic E-state index is 13.6. The Bertz CT molecular complexity index is 1040. The Morgan fingerprint density at radius 3 is 2.27 bits per heavy atom. The van der Waals surface area contributed by atoms with Crippen molar-refractivity contribution in [1.82, 2.24) is 10.6 Å². The smallest absolute Gasteiger partial charge is 0.408 e. The topological polar surface area (TPSA) is 137 Å². The predicted molar refractivity (Wildman–Crippen MR) is 136 cm³/mol. The number of alkyl carbamates (subject to hydrolysis) is 1. The highest BCUT2D eigenvalue weighted by Crippen LogP contribution is 2.63. The zero-order valence-corrected chi connectivity index (χ0v) is 22.2. The van der Waals surface area contributed by atoms with Crippen LogP contribution >= 0.6 is 0 Å². The summed E-state index contributed by atoms with van der Waals surface area (Å²) in [6, 6.07) is 8.05. The second kappa shape index (κ2) is 10.1. The molecular weight excluding hydrogens is 474 g/mol. The molecule has 4 aliphatic rings. The van der Waals surface area contributed by atoms with Crippen molar-refractivity contribution >= 4 is 23.9 Å². The summed E-state index contributed by atoms with van der Waals surface area (Å²) in [5.41, 5.74) is 5.65. The van der Waals surface area contributed by atoms with E-state index in [-0.39, 0.29) is 18.9 Å². The van der Waals surface area contributed by atoms with Crippen LogP contribution in [0.4, 0.5) is 4.79 Å². The average Bonchev–Trinajstić information content (AvgIpc) is 2.79. The fraction of sp³-hybridized carbons (Fsp3) is 0.643. The predicted octanol–water partition coefficient (Wildman–Crippen LogP) is 2.85. The maximum atomic E-state index is 13.6. The number of carbonyl (C=O) groups excluding carboxylic acids is 4. The van der Waals surface area contributed by atoms with Crippen LogP contribution < -0.4 is 16.4 Å². The van der Waals surface area contributed by atoms with Crippen molar-refractivity contribution in [1.29, 1.82) is 0 Å². The number of ether oxygens (including phenoxy) is 2. The number of hydrogen-bond acceptors (Lipinski definition) is 7. The molecule has 37 heavy (non-hydrogen) atoms. The van der Waals surface area contributed by atoms with Crippen LogP contribution in [0.3, 0.4) is 0 Å². The lowest BCUT2D eigenvalue weighted by Gasteiger charge is -2.63. The van der Waals surface area contributed by atoms with E-state index in [1.54, 1.807) is 20.8 Å². The number of amides is 2. The highest BCUT2D eigenvalue weighted by atomic mass is 16.6. The van der Waals surface area contributed by atoms with Gasteiger partial charge in [-0.15, -0.1) is 0 Å². The normalized spacial score (nSPS) is 30.8. The van der Waals surface area contributed by atoms with Gasteiger partial charge in [0.2, 0.25) is 5.91 Å². The average molecular weight is 514 g/mol. The van der Waals surface area contributed by atoms with Gasteiger partial charge in [0.05, 0.1) is 5.41 Å². The standard InChI is InChI=1S/C28H39N3O6/c1-17-27(12-19-10-20(13-27)15-28(17,29)14-19)24(34)36-23(33)21(11-18-8-6-5-7-9-18)31-22(32)16-30-25(35)37-26(2,3)4/h5-9,17,19-21H,10-16,29H2,1-4H3,(H,30,35)(H,31,32)/t17?,19?,20?,21-,27?,28?/m0/s1. The summed E-state index contributed by atoms with van der Waals surface area (Å²) >= 11 is 0. The van der Waals surface area contributed by atoms with Gasteiger partial charge < -0.3 is 25.8 Å². The van der Waals surface area contributed by atoms with Gasteiger partial charge in [-0.1, -0.05) is 37.3 Å². The van der Waals surface area contributed by atoms with Crippen molar-refractivity contribution in [2.75, 3.05) is 6.54 Å². The molecule has 0 aliphatic heterocycles. The van der Waals surface area contributed by atoms with Crippen molar-refractivity contribution in [2.24, 2.45) is 28.9 Å². The minimum Gasteiger partial charge on any atom is -0.444 e. The molecule has 1 aromatic rings. The number of nitrogens with one attached hydrogen (secondary N) is 2. The summed E-state index contributed by atoms with van der Waals surface area (Å²) in [7, 11) is 0. The molecule has 4 atom stereocenters. The van der Waals surface area contributed by atoms with E-state index in [1.165, 1.54) is 0 Å². The molecule has 0 saturated heterocycles. The van der Waals surface area contributed by atoms with E-state index in [2.05, 4.69) is 10.6 Å². The van der Waals surface area contributed by atoms with E-state index >= 15 is 0 Å². The Morgan fingerprint density at radius 1 is 1.05 bits per heavy atom. The molecule has 5 rings (SSSR count). The molecule has 2 amide bonds. The highest BCUT2D eigenvalue weighted by Gasteiger charge is 2.64. The molecular formula is C28H39N3O6. The second-order valence-electron chi connectivity index (χ2n) is 12.3. The van der Waals surface area contributed by atoms with Crippen molar-refractivity contribution in [3.8, 4) is 0 Å². The van der Waals surface area contributed by atoms with Crippen LogP contribution in [0, 0.1) is 23.2 Å². The fourth-order valence-electron chi connectivity index (χ4n) is 6.84. The molecule has 4 aliphatic carbocycles. The van der Waals surface area contributed by atoms with E-state index in [9.17, 15) is 19.2 Å². The van der Waals surface area contributed by atoms with Gasteiger partial charge in [0.1, 0.15) is 18.2 Å². The Labute approximate surface area is 218 Å². The van der Waals surface area contributed by atoms with Gasteiger partial charge in [0, 0.05) is 12.0 Å². The van der Waals surface area contributed by atoms with Crippen LogP contribution in [0.5, 0.6) is 0 Å². The first-order valence-corrected chi connectivity index (χ1v) is 13.1. The SMILES string of the molecule is CC1C2(N)CC3CC(C2)CC1(C(=O)OC(=O)[C@H](Cc1ccccc1)NC(=O)CNC(=O)OC(C)(C)C)C3. The Kier molecular flexibility index (Phi) is 7.38. The Morgan fingerprint density at radius 2 is 1.68 bits per heavy atom. The number of rotatable bonds is 7. The number of nitrogens with two attached hydrogens (primary N) is 1. The summed E-state index contributed by atoms with van der Waals surface area (Å²) in [6.45, 7) is 6.77. The molecule has 9 heteroatoms. The van der Waals surface area contributed by atoms with E-state index in [0.29, 0.717) is 24.7 Å². The van der Waals surface area contributed by atoms with Gasteiger partial charge in [-0.25, -0.2) is 9.59 Å². The number of esters is 2. The highest BCUT2D eigenvalue weighted by molar-refractivity contribution is 5.94. The molecule has 4 saturated carbocycles. The van der Waals surface area contributed by atoms with Crippen molar-refractivity contribution in [3.63, 3.8) is 0 Å². The second-order valence-corrected chi connectivity index (χ2v) is 12.3. The van der Waals surface area contributed by atoms with Gasteiger partial charge >= 0.3 is 18.0 Å². The van der Waals surface area contributed by atoms with E-state index in [4.69, 9.17) is 15.2 Å². The fourth-order valence-corrected chi connectivity index (χ4v) is 6.84. The van der Waals surface area contributed by atoms with Gasteiger partial charge in [-0.05, 0) is 76.2 Å². The zero-order chi connectivity index (χ0) is 27.0. The van der Waals surface area contributed by atoms with Gasteiger partial charge in [0.15, 0.2) is 0 Å². The van der Waals surface area contributed by atoms with Crippen molar-refractivity contribution < 1.29 is 28.7 Å². The third-order valence-electron chi connectivity index (χ3n) is 8.30. The molecule has 4 N–H and O–H groups in total. The summed E-state index contributed by atoms with van der Waals surface area (Å²) in [5.74, 6) is -1.29. The molecule has 3 unspecified atom stereocenters. The van der Waals surface area contributed by atoms with Crippen LogP contribution in [0.15, 0.2) is 30.3 Å². The van der Waals surface area contributed by atoms with Crippen LogP contribution in [0.1, 0.15) is 65.4 Å². The third kappa shape index (κ3) is 5.98. The minimum atomic E-state index is -1.10. The van der Waals surface area contributed by atoms with Crippen molar-refractivity contribution in [3.05, 3.63) is 35.9 Å². The van der Waals surface area contributed by atoms with E-state index in [0.717, 1.165) is 24.8 Å². The lowest BCUT2D eigenvalue weighted by Crippen LogP contribution is -2.68. The Hall–Kier alpha value is -2.94. The summed E-state index contributed by atoms with van der Waals surface area (Å²) < 4.78 is 10.7. The number of benzene rings is 1. The first kappa shape index (κ1) is 27.1. The quantitative estimate of drug-likeness (QED) is 0.377. The van der Waals surface area contributed by atoms with Crippen LogP contribution in [-0.2, 0) is 30.3 Å². The largest absolute Gasteiger partial charge is 0.444 e. The van der Waals surface area contributed by atoms with Crippen LogP contribution in [0.25, 0.3) is 0 Å². The van der Waals surface area contributed by atoms with Gasteiger partial charge in [0.25, 0.3) is 0 Å². The number of hydrogen-bond donors (Lipinski definition) is 3. The molecule has 4 bridgehead atoms. The van der Waals surface area contributed by atoms with Crippen LogP contribution in [0.2, 0.25) is 0 Å². The maximum Gasteiger partial charge on any atom is 0.408 e. The minimum absolute atomic E-state index is 0.0895. The Balaban J connectivity index is 1.44. The lowest BCUT2D eigenvalue weighted by molar-refractivity contribution is -0.190. The lowest BCUT2D eigenvalue weighted by atomic mass is 9.43. The van der Waals surface area contributed by atoms with Crippen LogP contribution in [-0.4, -0.2) is 47.7 Å². The zero-order valence-electron chi connectivity index (χ0n) is 22.2.